The summed E-state index contributed by atoms with van der Waals surface area (Å²) in [5.74, 6) is 0.0783. The van der Waals surface area contributed by atoms with E-state index < -0.39 is 5.97 Å². The first kappa shape index (κ1) is 18.0. The number of fused-ring (bicyclic) bond motifs is 1. The van der Waals surface area contributed by atoms with Crippen molar-refractivity contribution in [2.24, 2.45) is 0 Å². The molecule has 5 heteroatoms. The van der Waals surface area contributed by atoms with Crippen LogP contribution in [0, 0.1) is 6.92 Å². The second-order valence-electron chi connectivity index (χ2n) is 6.32. The summed E-state index contributed by atoms with van der Waals surface area (Å²) >= 11 is 6.03. The van der Waals surface area contributed by atoms with E-state index in [4.69, 9.17) is 21.1 Å². The van der Waals surface area contributed by atoms with Crippen LogP contribution in [0.25, 0.3) is 6.08 Å². The summed E-state index contributed by atoms with van der Waals surface area (Å²) in [5.41, 5.74) is 2.64. The molecule has 0 fully saturated rings. The van der Waals surface area contributed by atoms with E-state index in [1.165, 1.54) is 6.07 Å². The maximum atomic E-state index is 12.6. The Labute approximate surface area is 167 Å². The molecule has 3 aromatic carbocycles. The van der Waals surface area contributed by atoms with Crippen LogP contribution < -0.4 is 9.47 Å². The summed E-state index contributed by atoms with van der Waals surface area (Å²) in [6.07, 6.45) is 1.72. The van der Waals surface area contributed by atoms with Gasteiger partial charge in [-0.1, -0.05) is 48.0 Å². The number of ether oxygens (including phenoxy) is 2. The summed E-state index contributed by atoms with van der Waals surface area (Å²) in [4.78, 5) is 24.9. The number of halogens is 1. The lowest BCUT2D eigenvalue weighted by atomic mass is 10.1. The molecule has 0 bridgehead atoms. The zero-order valence-corrected chi connectivity index (χ0v) is 15.7. The van der Waals surface area contributed by atoms with Crippen molar-refractivity contribution in [1.82, 2.24) is 0 Å². The lowest BCUT2D eigenvalue weighted by molar-refractivity contribution is 0.0734. The van der Waals surface area contributed by atoms with Gasteiger partial charge in [0.05, 0.1) is 16.1 Å². The zero-order valence-electron chi connectivity index (χ0n) is 14.9. The van der Waals surface area contributed by atoms with Crippen LogP contribution in [0.3, 0.4) is 0 Å². The normalized spacial score (nSPS) is 13.9. The minimum absolute atomic E-state index is 0.206. The van der Waals surface area contributed by atoms with Gasteiger partial charge in [-0.3, -0.25) is 4.79 Å². The van der Waals surface area contributed by atoms with Gasteiger partial charge in [-0.25, -0.2) is 4.79 Å². The van der Waals surface area contributed by atoms with E-state index in [2.05, 4.69) is 0 Å². The van der Waals surface area contributed by atoms with E-state index in [0.29, 0.717) is 16.3 Å². The topological polar surface area (TPSA) is 52.6 Å². The first-order valence-electron chi connectivity index (χ1n) is 8.63. The Hall–Kier alpha value is -3.37. The van der Waals surface area contributed by atoms with Crippen molar-refractivity contribution in [3.8, 4) is 11.5 Å². The first-order chi connectivity index (χ1) is 13.5. The SMILES string of the molecule is Cc1ccccc1/C=C1\Oc2cc(OC(=O)c3ccccc3Cl)ccc2C1=O. The molecule has 0 saturated carbocycles. The lowest BCUT2D eigenvalue weighted by Gasteiger charge is -2.06. The number of carbonyl (C=O) groups excluding carboxylic acids is 2. The fraction of sp³-hybridized carbons (Fsp3) is 0.0435. The number of carbonyl (C=O) groups is 2. The molecule has 0 radical (unpaired) electrons. The molecule has 28 heavy (non-hydrogen) atoms. The van der Waals surface area contributed by atoms with Gasteiger partial charge < -0.3 is 9.47 Å². The third-order valence-corrected chi connectivity index (χ3v) is 4.75. The number of ketones is 1. The monoisotopic (exact) mass is 390 g/mol. The zero-order chi connectivity index (χ0) is 19.7. The van der Waals surface area contributed by atoms with Crippen molar-refractivity contribution in [3.05, 3.63) is 99.8 Å². The molecule has 4 rings (SSSR count). The Bertz CT molecular complexity index is 1130. The van der Waals surface area contributed by atoms with E-state index >= 15 is 0 Å². The van der Waals surface area contributed by atoms with Crippen LogP contribution in [-0.4, -0.2) is 11.8 Å². The minimum Gasteiger partial charge on any atom is -0.452 e. The molecule has 0 saturated heterocycles. The van der Waals surface area contributed by atoms with Crippen LogP contribution in [0.15, 0.2) is 72.5 Å². The maximum absolute atomic E-state index is 12.6. The van der Waals surface area contributed by atoms with Crippen LogP contribution >= 0.6 is 11.6 Å². The molecule has 1 aliphatic rings. The van der Waals surface area contributed by atoms with Crippen LogP contribution in [0.2, 0.25) is 5.02 Å². The fourth-order valence-corrected chi connectivity index (χ4v) is 3.12. The van der Waals surface area contributed by atoms with Crippen molar-refractivity contribution in [3.63, 3.8) is 0 Å². The van der Waals surface area contributed by atoms with Gasteiger partial charge in [-0.05, 0) is 48.4 Å². The van der Waals surface area contributed by atoms with E-state index in [1.54, 1.807) is 42.5 Å². The van der Waals surface area contributed by atoms with Crippen molar-refractivity contribution in [1.29, 1.82) is 0 Å². The number of Topliss-reactive ketones (excluding diaryl/α,β-unsaturated/α-hetero) is 1. The Balaban J connectivity index is 1.58. The Morgan fingerprint density at radius 3 is 2.57 bits per heavy atom. The predicted molar refractivity (Wildman–Crippen MR) is 107 cm³/mol. The number of aryl methyl sites for hydroxylation is 1. The molecule has 0 unspecified atom stereocenters. The average Bonchev–Trinajstić information content (AvgIpc) is 2.99. The summed E-state index contributed by atoms with van der Waals surface area (Å²) in [7, 11) is 0. The highest BCUT2D eigenvalue weighted by atomic mass is 35.5. The quantitative estimate of drug-likeness (QED) is 0.337. The molecule has 4 nitrogen and oxygen atoms in total. The smallest absolute Gasteiger partial charge is 0.345 e. The summed E-state index contributed by atoms with van der Waals surface area (Å²) < 4.78 is 11.1. The molecule has 0 atom stereocenters. The Morgan fingerprint density at radius 1 is 1.04 bits per heavy atom. The Kier molecular flexibility index (Phi) is 4.72. The molecule has 0 N–H and O–H groups in total. The predicted octanol–water partition coefficient (Wildman–Crippen LogP) is 5.48. The maximum Gasteiger partial charge on any atom is 0.345 e. The van der Waals surface area contributed by atoms with Gasteiger partial charge in [0.1, 0.15) is 11.5 Å². The highest BCUT2D eigenvalue weighted by Gasteiger charge is 2.28. The fourth-order valence-electron chi connectivity index (χ4n) is 2.91. The van der Waals surface area contributed by atoms with Crippen molar-refractivity contribution >= 4 is 29.4 Å². The van der Waals surface area contributed by atoms with Gasteiger partial charge in [-0.2, -0.15) is 0 Å². The van der Waals surface area contributed by atoms with Gasteiger partial charge in [0.2, 0.25) is 5.78 Å². The number of hydrogen-bond donors (Lipinski definition) is 0. The van der Waals surface area contributed by atoms with Gasteiger partial charge >= 0.3 is 5.97 Å². The number of esters is 1. The van der Waals surface area contributed by atoms with Crippen molar-refractivity contribution < 1.29 is 19.1 Å². The van der Waals surface area contributed by atoms with E-state index in [-0.39, 0.29) is 22.9 Å². The second kappa shape index (κ2) is 7.33. The highest BCUT2D eigenvalue weighted by molar-refractivity contribution is 6.33. The molecular formula is C23H15ClO4. The van der Waals surface area contributed by atoms with E-state index in [1.807, 2.05) is 31.2 Å². The van der Waals surface area contributed by atoms with E-state index in [9.17, 15) is 9.59 Å². The molecular weight excluding hydrogens is 376 g/mol. The third kappa shape index (κ3) is 3.42. The molecule has 0 spiro atoms. The molecule has 0 aliphatic carbocycles. The van der Waals surface area contributed by atoms with Crippen molar-refractivity contribution in [2.45, 2.75) is 6.92 Å². The number of allylic oxidation sites excluding steroid dienone is 1. The summed E-state index contributed by atoms with van der Waals surface area (Å²) in [6.45, 7) is 1.96. The highest BCUT2D eigenvalue weighted by Crippen LogP contribution is 2.35. The van der Waals surface area contributed by atoms with Crippen LogP contribution in [0.4, 0.5) is 0 Å². The van der Waals surface area contributed by atoms with E-state index in [0.717, 1.165) is 11.1 Å². The molecule has 1 heterocycles. The minimum atomic E-state index is -0.578. The summed E-state index contributed by atoms with van der Waals surface area (Å²) in [6, 6.07) is 19.0. The molecule has 3 aromatic rings. The molecule has 1 aliphatic heterocycles. The van der Waals surface area contributed by atoms with Crippen LogP contribution in [0.5, 0.6) is 11.5 Å². The molecule has 0 amide bonds. The largest absolute Gasteiger partial charge is 0.452 e. The van der Waals surface area contributed by atoms with Gasteiger partial charge in [0, 0.05) is 6.07 Å². The van der Waals surface area contributed by atoms with Crippen LogP contribution in [0.1, 0.15) is 31.8 Å². The number of benzene rings is 3. The number of hydrogen-bond acceptors (Lipinski definition) is 4. The van der Waals surface area contributed by atoms with Crippen LogP contribution in [-0.2, 0) is 0 Å². The Morgan fingerprint density at radius 2 is 1.79 bits per heavy atom. The van der Waals surface area contributed by atoms with Gasteiger partial charge in [-0.15, -0.1) is 0 Å². The molecule has 0 aromatic heterocycles. The second-order valence-corrected chi connectivity index (χ2v) is 6.73. The first-order valence-corrected chi connectivity index (χ1v) is 9.01. The van der Waals surface area contributed by atoms with Gasteiger partial charge in [0.15, 0.2) is 5.76 Å². The standard InChI is InChI=1S/C23H15ClO4/c1-14-6-2-3-7-15(14)12-21-22(25)18-11-10-16(13-20(18)28-21)27-23(26)17-8-4-5-9-19(17)24/h2-13H,1H3/b21-12-. The lowest BCUT2D eigenvalue weighted by Crippen LogP contribution is -2.09. The third-order valence-electron chi connectivity index (χ3n) is 4.42. The van der Waals surface area contributed by atoms with Crippen molar-refractivity contribution in [2.75, 3.05) is 0 Å². The summed E-state index contributed by atoms with van der Waals surface area (Å²) in [5, 5.41) is 0.309. The average molecular weight is 391 g/mol. The molecule has 138 valence electrons. The van der Waals surface area contributed by atoms with Gasteiger partial charge in [0.25, 0.3) is 0 Å². The number of rotatable bonds is 3.